The van der Waals surface area contributed by atoms with Crippen LogP contribution in [0.25, 0.3) is 0 Å². The van der Waals surface area contributed by atoms with Crippen molar-refractivity contribution in [2.75, 3.05) is 7.11 Å². The Kier molecular flexibility index (Phi) is 4.59. The fourth-order valence-corrected chi connectivity index (χ4v) is 3.02. The van der Waals surface area contributed by atoms with Crippen LogP contribution in [-0.4, -0.2) is 38.2 Å². The second kappa shape index (κ2) is 7.20. The van der Waals surface area contributed by atoms with Crippen molar-refractivity contribution in [3.05, 3.63) is 58.7 Å². The molecule has 27 heavy (non-hydrogen) atoms. The van der Waals surface area contributed by atoms with E-state index < -0.39 is 0 Å². The molecule has 0 radical (unpaired) electrons. The molecular formula is C18H20N6O3. The third kappa shape index (κ3) is 3.41. The zero-order valence-corrected chi connectivity index (χ0v) is 15.1. The summed E-state index contributed by atoms with van der Waals surface area (Å²) in [7, 11) is 1.63. The molecule has 0 saturated carbocycles. The number of benzene rings is 1. The van der Waals surface area contributed by atoms with Gasteiger partial charge < -0.3 is 14.8 Å². The summed E-state index contributed by atoms with van der Waals surface area (Å²) in [5.74, 6) is 0.520. The van der Waals surface area contributed by atoms with Gasteiger partial charge in [0.15, 0.2) is 5.69 Å². The summed E-state index contributed by atoms with van der Waals surface area (Å²) in [5.41, 5.74) is 3.86. The highest BCUT2D eigenvalue weighted by Crippen LogP contribution is 2.28. The monoisotopic (exact) mass is 368 g/mol. The van der Waals surface area contributed by atoms with Crippen molar-refractivity contribution in [1.29, 1.82) is 0 Å². The molecule has 1 aliphatic heterocycles. The number of methoxy groups -OCH3 is 1. The van der Waals surface area contributed by atoms with E-state index in [1.165, 1.54) is 0 Å². The van der Waals surface area contributed by atoms with E-state index in [1.807, 2.05) is 31.2 Å². The molecule has 0 unspecified atom stereocenters. The van der Waals surface area contributed by atoms with Gasteiger partial charge in [0.05, 0.1) is 32.2 Å². The molecule has 3 aromatic rings. The van der Waals surface area contributed by atoms with Crippen molar-refractivity contribution in [3.8, 4) is 5.75 Å². The molecule has 0 aliphatic carbocycles. The molecule has 4 rings (SSSR count). The number of H-pyrrole nitrogens is 1. The van der Waals surface area contributed by atoms with Crippen LogP contribution in [0.4, 0.5) is 0 Å². The molecule has 0 fully saturated rings. The number of rotatable bonds is 5. The molecule has 0 bridgehead atoms. The van der Waals surface area contributed by atoms with Crippen molar-refractivity contribution in [2.45, 2.75) is 32.7 Å². The molecule has 140 valence electrons. The lowest BCUT2D eigenvalue weighted by Gasteiger charge is -2.24. The first-order chi connectivity index (χ1) is 13.2. The minimum Gasteiger partial charge on any atom is -0.497 e. The van der Waals surface area contributed by atoms with E-state index in [0.717, 1.165) is 22.6 Å². The van der Waals surface area contributed by atoms with Crippen molar-refractivity contribution in [2.24, 2.45) is 0 Å². The number of aromatic nitrogens is 5. The first-order valence-electron chi connectivity index (χ1n) is 8.60. The van der Waals surface area contributed by atoms with Crippen LogP contribution in [0.2, 0.25) is 0 Å². The Labute approximate surface area is 155 Å². The minimum absolute atomic E-state index is 0.144. The Hall–Kier alpha value is -3.20. The van der Waals surface area contributed by atoms with Crippen LogP contribution in [0.1, 0.15) is 39.1 Å². The van der Waals surface area contributed by atoms with Gasteiger partial charge in [0.25, 0.3) is 5.91 Å². The number of aryl methyl sites for hydroxylation is 1. The van der Waals surface area contributed by atoms with Crippen molar-refractivity contribution >= 4 is 5.91 Å². The smallest absolute Gasteiger partial charge is 0.274 e. The highest BCUT2D eigenvalue weighted by molar-refractivity contribution is 5.93. The SMILES string of the molecule is COc1ccc([C@H]2Cn3nnc(C(=O)NCc4cn[nH]c4C)c3CO2)cc1. The number of hydrogen-bond acceptors (Lipinski definition) is 6. The molecule has 9 heteroatoms. The van der Waals surface area contributed by atoms with E-state index in [9.17, 15) is 4.79 Å². The number of hydrogen-bond donors (Lipinski definition) is 2. The van der Waals surface area contributed by atoms with Gasteiger partial charge in [0.1, 0.15) is 11.9 Å². The molecule has 3 heterocycles. The second-order valence-electron chi connectivity index (χ2n) is 6.34. The average Bonchev–Trinajstić information content (AvgIpc) is 3.31. The van der Waals surface area contributed by atoms with E-state index in [1.54, 1.807) is 18.0 Å². The Morgan fingerprint density at radius 2 is 2.22 bits per heavy atom. The van der Waals surface area contributed by atoms with Crippen molar-refractivity contribution in [3.63, 3.8) is 0 Å². The van der Waals surface area contributed by atoms with E-state index in [-0.39, 0.29) is 18.6 Å². The van der Waals surface area contributed by atoms with Gasteiger partial charge in [-0.05, 0) is 24.6 Å². The summed E-state index contributed by atoms with van der Waals surface area (Å²) >= 11 is 0. The Bertz CT molecular complexity index is 946. The van der Waals surface area contributed by atoms with E-state index >= 15 is 0 Å². The summed E-state index contributed by atoms with van der Waals surface area (Å²) < 4.78 is 12.9. The number of nitrogens with one attached hydrogen (secondary N) is 2. The average molecular weight is 368 g/mol. The molecule has 0 saturated heterocycles. The number of carbonyl (C=O) groups is 1. The fraction of sp³-hybridized carbons (Fsp3) is 0.333. The molecule has 2 N–H and O–H groups in total. The Balaban J connectivity index is 1.44. The van der Waals surface area contributed by atoms with Gasteiger partial charge in [0, 0.05) is 17.8 Å². The third-order valence-corrected chi connectivity index (χ3v) is 4.67. The third-order valence-electron chi connectivity index (χ3n) is 4.67. The molecule has 1 amide bonds. The summed E-state index contributed by atoms with van der Waals surface area (Å²) in [4.78, 5) is 12.5. The predicted molar refractivity (Wildman–Crippen MR) is 95.0 cm³/mol. The molecule has 1 aliphatic rings. The van der Waals surface area contributed by atoms with Crippen LogP contribution in [0.15, 0.2) is 30.5 Å². The maximum atomic E-state index is 12.5. The van der Waals surface area contributed by atoms with Crippen LogP contribution >= 0.6 is 0 Å². The molecule has 2 aromatic heterocycles. The summed E-state index contributed by atoms with van der Waals surface area (Å²) in [6.45, 7) is 3.06. The lowest BCUT2D eigenvalue weighted by atomic mass is 10.1. The van der Waals surface area contributed by atoms with Crippen molar-refractivity contribution < 1.29 is 14.3 Å². The molecule has 9 nitrogen and oxygen atoms in total. The molecular weight excluding hydrogens is 348 g/mol. The van der Waals surface area contributed by atoms with Gasteiger partial charge >= 0.3 is 0 Å². The van der Waals surface area contributed by atoms with Gasteiger partial charge in [0.2, 0.25) is 0 Å². The van der Waals surface area contributed by atoms with Crippen LogP contribution in [-0.2, 0) is 24.4 Å². The fourth-order valence-electron chi connectivity index (χ4n) is 3.02. The summed E-state index contributed by atoms with van der Waals surface area (Å²) in [6.07, 6.45) is 1.55. The van der Waals surface area contributed by atoms with Crippen LogP contribution < -0.4 is 10.1 Å². The first kappa shape index (κ1) is 17.2. The number of aromatic amines is 1. The Morgan fingerprint density at radius 3 is 2.93 bits per heavy atom. The van der Waals surface area contributed by atoms with Crippen LogP contribution in [0, 0.1) is 6.92 Å². The summed E-state index contributed by atoms with van der Waals surface area (Å²) in [5, 5.41) is 17.8. The van der Waals surface area contributed by atoms with Gasteiger partial charge in [-0.1, -0.05) is 17.3 Å². The van der Waals surface area contributed by atoms with E-state index in [0.29, 0.717) is 24.5 Å². The van der Waals surface area contributed by atoms with E-state index in [4.69, 9.17) is 9.47 Å². The topological polar surface area (TPSA) is 107 Å². The number of amides is 1. The maximum Gasteiger partial charge on any atom is 0.274 e. The molecule has 1 aromatic carbocycles. The minimum atomic E-state index is -0.275. The highest BCUT2D eigenvalue weighted by atomic mass is 16.5. The van der Waals surface area contributed by atoms with Gasteiger partial charge in [-0.15, -0.1) is 5.10 Å². The zero-order chi connectivity index (χ0) is 18.8. The maximum absolute atomic E-state index is 12.5. The van der Waals surface area contributed by atoms with E-state index in [2.05, 4.69) is 25.8 Å². The molecule has 1 atom stereocenters. The number of fused-ring (bicyclic) bond motifs is 1. The lowest BCUT2D eigenvalue weighted by molar-refractivity contribution is -0.00179. The van der Waals surface area contributed by atoms with Crippen LogP contribution in [0.5, 0.6) is 5.75 Å². The zero-order valence-electron chi connectivity index (χ0n) is 15.1. The second-order valence-corrected chi connectivity index (χ2v) is 6.34. The Morgan fingerprint density at radius 1 is 1.41 bits per heavy atom. The molecule has 0 spiro atoms. The van der Waals surface area contributed by atoms with Gasteiger partial charge in [-0.2, -0.15) is 5.10 Å². The first-order valence-corrected chi connectivity index (χ1v) is 8.60. The summed E-state index contributed by atoms with van der Waals surface area (Å²) in [6, 6.07) is 7.72. The predicted octanol–water partition coefficient (Wildman–Crippen LogP) is 1.52. The largest absolute Gasteiger partial charge is 0.497 e. The van der Waals surface area contributed by atoms with Gasteiger partial charge in [-0.25, -0.2) is 4.68 Å². The standard InChI is InChI=1S/C18H20N6O3/c1-11-13(8-20-21-11)7-19-18(25)17-15-10-27-16(9-24(15)23-22-17)12-3-5-14(26-2)6-4-12/h3-6,8,16H,7,9-10H2,1-2H3,(H,19,25)(H,20,21)/t16-/m1/s1. The van der Waals surface area contributed by atoms with Gasteiger partial charge in [-0.3, -0.25) is 9.89 Å². The van der Waals surface area contributed by atoms with Crippen LogP contribution in [0.3, 0.4) is 0 Å². The highest BCUT2D eigenvalue weighted by Gasteiger charge is 2.27. The normalized spacial score (nSPS) is 16.0. The van der Waals surface area contributed by atoms with Crippen molar-refractivity contribution in [1.82, 2.24) is 30.5 Å². The lowest BCUT2D eigenvalue weighted by Crippen LogP contribution is -2.27. The number of carbonyl (C=O) groups excluding carboxylic acids is 1. The number of nitrogens with zero attached hydrogens (tertiary/aromatic N) is 4. The quantitative estimate of drug-likeness (QED) is 0.707. The number of ether oxygens (including phenoxy) is 2.